The van der Waals surface area contributed by atoms with Gasteiger partial charge in [0.1, 0.15) is 18.1 Å². The Kier molecular flexibility index (Phi) is 5.88. The summed E-state index contributed by atoms with van der Waals surface area (Å²) >= 11 is 9.35. The molecule has 1 aliphatic carbocycles. The zero-order valence-electron chi connectivity index (χ0n) is 15.5. The van der Waals surface area contributed by atoms with Crippen molar-refractivity contribution in [2.45, 2.75) is 38.3 Å². The molecule has 11 heteroatoms. The second-order valence-electron chi connectivity index (χ2n) is 7.00. The van der Waals surface area contributed by atoms with E-state index in [9.17, 15) is 18.0 Å². The largest absolute Gasteiger partial charge is 0.307 e. The molecule has 1 N–H and O–H groups in total. The third-order valence-electron chi connectivity index (χ3n) is 4.70. The lowest BCUT2D eigenvalue weighted by atomic mass is 10.2. The molecular weight excluding hydrogens is 487 g/mol. The Morgan fingerprint density at radius 1 is 1.33 bits per heavy atom. The molecule has 1 aromatic carbocycles. The van der Waals surface area contributed by atoms with E-state index in [1.807, 2.05) is 0 Å². The number of hydrogen-bond donors (Lipinski definition) is 1. The third-order valence-corrected chi connectivity index (χ3v) is 5.63. The van der Waals surface area contributed by atoms with Crippen molar-refractivity contribution in [1.82, 2.24) is 19.6 Å². The Morgan fingerprint density at radius 2 is 2.10 bits per heavy atom. The van der Waals surface area contributed by atoms with Crippen molar-refractivity contribution in [3.05, 3.63) is 62.7 Å². The molecule has 0 bridgehead atoms. The van der Waals surface area contributed by atoms with Gasteiger partial charge in [-0.2, -0.15) is 10.2 Å². The molecule has 1 fully saturated rings. The molecular formula is C19H16BrClF3N5O. The number of hydrogen-bond acceptors (Lipinski definition) is 3. The second kappa shape index (κ2) is 8.43. The highest BCUT2D eigenvalue weighted by atomic mass is 79.9. The van der Waals surface area contributed by atoms with Crippen molar-refractivity contribution in [1.29, 1.82) is 0 Å². The van der Waals surface area contributed by atoms with Crippen molar-refractivity contribution in [3.63, 3.8) is 0 Å². The fraction of sp³-hybridized carbons (Fsp3) is 0.316. The molecule has 1 saturated carbocycles. The summed E-state index contributed by atoms with van der Waals surface area (Å²) in [6.45, 7) is -0.139. The highest BCUT2D eigenvalue weighted by Gasteiger charge is 2.30. The maximum Gasteiger partial charge on any atom is 0.282 e. The van der Waals surface area contributed by atoms with E-state index in [0.717, 1.165) is 12.8 Å². The van der Waals surface area contributed by atoms with E-state index >= 15 is 0 Å². The SMILES string of the molecule is O=C(Cn1nc(C(F)F)cc1C1CC1)Nc1nn(Cc2c(F)cccc2Cl)cc1Br. The fourth-order valence-electron chi connectivity index (χ4n) is 3.11. The summed E-state index contributed by atoms with van der Waals surface area (Å²) in [5, 5.41) is 11.0. The van der Waals surface area contributed by atoms with Gasteiger partial charge in [-0.05, 0) is 47.0 Å². The zero-order chi connectivity index (χ0) is 21.4. The van der Waals surface area contributed by atoms with Crippen LogP contribution in [0.3, 0.4) is 0 Å². The minimum absolute atomic E-state index is 0.0721. The van der Waals surface area contributed by atoms with Crippen molar-refractivity contribution in [2.75, 3.05) is 5.32 Å². The van der Waals surface area contributed by atoms with E-state index in [1.54, 1.807) is 12.3 Å². The van der Waals surface area contributed by atoms with E-state index in [4.69, 9.17) is 11.6 Å². The molecule has 4 rings (SSSR count). The summed E-state index contributed by atoms with van der Waals surface area (Å²) in [7, 11) is 0. The van der Waals surface area contributed by atoms with Gasteiger partial charge in [-0.1, -0.05) is 17.7 Å². The first-order chi connectivity index (χ1) is 14.3. The quantitative estimate of drug-likeness (QED) is 0.487. The zero-order valence-corrected chi connectivity index (χ0v) is 17.8. The molecule has 158 valence electrons. The number of rotatable bonds is 7. The maximum atomic E-state index is 14.0. The number of aromatic nitrogens is 4. The van der Waals surface area contributed by atoms with Crippen molar-refractivity contribution < 1.29 is 18.0 Å². The molecule has 0 unspecified atom stereocenters. The summed E-state index contributed by atoms with van der Waals surface area (Å²) in [6.07, 6.45) is 0.674. The van der Waals surface area contributed by atoms with Crippen LogP contribution in [-0.2, 0) is 17.9 Å². The van der Waals surface area contributed by atoms with E-state index in [1.165, 1.54) is 27.6 Å². The van der Waals surface area contributed by atoms with Crippen LogP contribution in [0, 0.1) is 5.82 Å². The van der Waals surface area contributed by atoms with E-state index in [-0.39, 0.29) is 41.1 Å². The Labute approximate surface area is 183 Å². The monoisotopic (exact) mass is 501 g/mol. The number of halogens is 5. The lowest BCUT2D eigenvalue weighted by Crippen LogP contribution is -2.21. The van der Waals surface area contributed by atoms with Gasteiger partial charge in [0, 0.05) is 28.4 Å². The Morgan fingerprint density at radius 3 is 2.77 bits per heavy atom. The number of carbonyl (C=O) groups excluding carboxylic acids is 1. The number of anilines is 1. The van der Waals surface area contributed by atoms with E-state index in [0.29, 0.717) is 10.2 Å². The number of amides is 1. The van der Waals surface area contributed by atoms with Gasteiger partial charge >= 0.3 is 0 Å². The Balaban J connectivity index is 1.47. The molecule has 0 aliphatic heterocycles. The van der Waals surface area contributed by atoms with Gasteiger partial charge in [0.25, 0.3) is 6.43 Å². The topological polar surface area (TPSA) is 64.7 Å². The third kappa shape index (κ3) is 4.54. The number of carbonyl (C=O) groups is 1. The normalized spacial score (nSPS) is 13.8. The van der Waals surface area contributed by atoms with Crippen LogP contribution >= 0.6 is 27.5 Å². The van der Waals surface area contributed by atoms with E-state index < -0.39 is 18.1 Å². The standard InChI is InChI=1S/C19H16BrClF3N5O/c20-12-8-28(7-11-13(21)2-1-3-14(11)22)27-19(12)25-17(30)9-29-16(10-4-5-10)6-15(26-29)18(23)24/h1-3,6,8,10,18H,4-5,7,9H2,(H,25,27,30). The molecule has 2 heterocycles. The summed E-state index contributed by atoms with van der Waals surface area (Å²) in [5.74, 6) is -0.535. The molecule has 1 amide bonds. The van der Waals surface area contributed by atoms with Crippen LogP contribution in [0.25, 0.3) is 0 Å². The van der Waals surface area contributed by atoms with Crippen LogP contribution in [0.15, 0.2) is 34.9 Å². The van der Waals surface area contributed by atoms with Gasteiger partial charge in [-0.25, -0.2) is 13.2 Å². The van der Waals surface area contributed by atoms with Crippen LogP contribution in [0.1, 0.15) is 42.1 Å². The van der Waals surface area contributed by atoms with Crippen LogP contribution in [0.2, 0.25) is 5.02 Å². The van der Waals surface area contributed by atoms with Gasteiger partial charge in [-0.3, -0.25) is 14.2 Å². The number of benzene rings is 1. The van der Waals surface area contributed by atoms with Gasteiger partial charge in [0.05, 0.1) is 11.0 Å². The molecule has 3 aromatic rings. The van der Waals surface area contributed by atoms with Gasteiger partial charge < -0.3 is 5.32 Å². The van der Waals surface area contributed by atoms with Gasteiger partial charge in [0.15, 0.2) is 5.82 Å². The van der Waals surface area contributed by atoms with Gasteiger partial charge in [0.2, 0.25) is 5.91 Å². The first kappa shape index (κ1) is 20.9. The summed E-state index contributed by atoms with van der Waals surface area (Å²) < 4.78 is 43.2. The predicted octanol–water partition coefficient (Wildman–Crippen LogP) is 5.14. The molecule has 0 radical (unpaired) electrons. The highest BCUT2D eigenvalue weighted by Crippen LogP contribution is 2.41. The summed E-state index contributed by atoms with van der Waals surface area (Å²) in [6, 6.07) is 5.75. The predicted molar refractivity (Wildman–Crippen MR) is 108 cm³/mol. The molecule has 0 saturated heterocycles. The number of nitrogens with zero attached hydrogens (tertiary/aromatic N) is 4. The van der Waals surface area contributed by atoms with Gasteiger partial charge in [-0.15, -0.1) is 0 Å². The Bertz CT molecular complexity index is 1080. The highest BCUT2D eigenvalue weighted by molar-refractivity contribution is 9.10. The fourth-order valence-corrected chi connectivity index (χ4v) is 3.75. The number of alkyl halides is 2. The molecule has 0 spiro atoms. The molecule has 6 nitrogen and oxygen atoms in total. The molecule has 2 aromatic heterocycles. The Hall–Kier alpha value is -2.33. The maximum absolute atomic E-state index is 14.0. The number of nitrogens with one attached hydrogen (secondary N) is 1. The lowest BCUT2D eigenvalue weighted by Gasteiger charge is -2.07. The second-order valence-corrected chi connectivity index (χ2v) is 8.26. The first-order valence-corrected chi connectivity index (χ1v) is 10.3. The van der Waals surface area contributed by atoms with Crippen LogP contribution < -0.4 is 5.32 Å². The first-order valence-electron chi connectivity index (χ1n) is 9.13. The van der Waals surface area contributed by atoms with Crippen LogP contribution in [-0.4, -0.2) is 25.5 Å². The molecule has 1 aliphatic rings. The lowest BCUT2D eigenvalue weighted by molar-refractivity contribution is -0.117. The van der Waals surface area contributed by atoms with Crippen LogP contribution in [0.5, 0.6) is 0 Å². The van der Waals surface area contributed by atoms with Crippen LogP contribution in [0.4, 0.5) is 19.0 Å². The van der Waals surface area contributed by atoms with Crippen molar-refractivity contribution in [2.24, 2.45) is 0 Å². The average Bonchev–Trinajstić information content (AvgIpc) is 3.35. The summed E-state index contributed by atoms with van der Waals surface area (Å²) in [4.78, 5) is 12.5. The van der Waals surface area contributed by atoms with Crippen molar-refractivity contribution in [3.8, 4) is 0 Å². The smallest absolute Gasteiger partial charge is 0.282 e. The van der Waals surface area contributed by atoms with Crippen molar-refractivity contribution >= 4 is 39.3 Å². The van der Waals surface area contributed by atoms with E-state index in [2.05, 4.69) is 31.4 Å². The molecule has 30 heavy (non-hydrogen) atoms. The minimum atomic E-state index is -2.69. The minimum Gasteiger partial charge on any atom is -0.307 e. The average molecular weight is 503 g/mol. The molecule has 0 atom stereocenters. The summed E-state index contributed by atoms with van der Waals surface area (Å²) in [5.41, 5.74) is 0.577.